The van der Waals surface area contributed by atoms with Crippen molar-refractivity contribution in [2.45, 2.75) is 42.6 Å². The summed E-state index contributed by atoms with van der Waals surface area (Å²) in [6.07, 6.45) is -0.531. The van der Waals surface area contributed by atoms with E-state index in [9.17, 15) is 57.6 Å². The van der Waals surface area contributed by atoms with Crippen LogP contribution in [0.15, 0.2) is 36.4 Å². The van der Waals surface area contributed by atoms with Gasteiger partial charge < -0.3 is 19.0 Å². The molecule has 0 fully saturated rings. The maximum Gasteiger partial charge on any atom is 0.450 e. The van der Waals surface area contributed by atoms with Crippen LogP contribution >= 0.6 is 0 Å². The van der Waals surface area contributed by atoms with Crippen LogP contribution in [0.25, 0.3) is 0 Å². The Kier molecular flexibility index (Phi) is 11.7. The monoisotopic (exact) mass is 643 g/mol. The Bertz CT molecular complexity index is 1350. The number of halogens is 6. The highest BCUT2D eigenvalue weighted by atomic mass is 32.2. The van der Waals surface area contributed by atoms with Crippen LogP contribution < -0.4 is 9.50 Å². The fraction of sp³-hybridized carbons (Fsp3) is 0.476. The second-order valence-electron chi connectivity index (χ2n) is 8.00. The third kappa shape index (κ3) is 9.05. The average Bonchev–Trinajstić information content (AvgIpc) is 2.85. The minimum absolute atomic E-state index is 0.0434. The molecule has 0 saturated carbocycles. The van der Waals surface area contributed by atoms with Gasteiger partial charge in [0.05, 0.1) is 6.42 Å². The normalized spacial score (nSPS) is 12.8. The van der Waals surface area contributed by atoms with E-state index in [-0.39, 0.29) is 44.6 Å². The van der Waals surface area contributed by atoms with Crippen LogP contribution in [-0.4, -0.2) is 75.4 Å². The first-order valence-corrected chi connectivity index (χ1v) is 13.8. The Labute approximate surface area is 229 Å². The molecule has 0 aliphatic carbocycles. The molecular weight excluding hydrogens is 620 g/mol. The summed E-state index contributed by atoms with van der Waals surface area (Å²) in [4.78, 5) is 34.6. The Balaban J connectivity index is 2.60. The van der Waals surface area contributed by atoms with Crippen LogP contribution in [0.4, 0.5) is 26.3 Å². The van der Waals surface area contributed by atoms with Gasteiger partial charge >= 0.3 is 48.6 Å². The minimum atomic E-state index is -7.17. The van der Waals surface area contributed by atoms with Gasteiger partial charge in [0.2, 0.25) is 5.91 Å². The lowest BCUT2D eigenvalue weighted by molar-refractivity contribution is -0.247. The van der Waals surface area contributed by atoms with Crippen molar-refractivity contribution < 1.29 is 75.8 Å². The molecule has 2 N–H and O–H groups in total. The molecule has 0 heterocycles. The van der Waals surface area contributed by atoms with Crippen molar-refractivity contribution in [2.75, 3.05) is 19.8 Å². The number of hydrogen-bond acceptors (Lipinski definition) is 10. The fourth-order valence-corrected chi connectivity index (χ4v) is 3.94. The number of carbonyl (C=O) groups excluding carboxylic acids is 3. The van der Waals surface area contributed by atoms with Gasteiger partial charge in [-0.2, -0.15) is 43.2 Å². The van der Waals surface area contributed by atoms with Crippen molar-refractivity contribution in [2.24, 2.45) is 0 Å². The van der Waals surface area contributed by atoms with Gasteiger partial charge in [-0.1, -0.05) is 18.7 Å². The lowest BCUT2D eigenvalue weighted by Crippen LogP contribution is -2.61. The van der Waals surface area contributed by atoms with Gasteiger partial charge in [-0.05, 0) is 31.0 Å². The first-order valence-electron chi connectivity index (χ1n) is 10.9. The van der Waals surface area contributed by atoms with Gasteiger partial charge in [0.1, 0.15) is 19.0 Å². The summed E-state index contributed by atoms with van der Waals surface area (Å²) >= 11 is 0. The number of carbonyl (C=O) groups is 3. The van der Waals surface area contributed by atoms with E-state index in [0.717, 1.165) is 12.1 Å². The second kappa shape index (κ2) is 13.5. The van der Waals surface area contributed by atoms with E-state index in [0.29, 0.717) is 17.7 Å². The molecule has 0 aromatic heterocycles. The fourth-order valence-electron chi connectivity index (χ4n) is 2.51. The minimum Gasteiger partial charge on any atom is -0.462 e. The Morgan fingerprint density at radius 3 is 1.95 bits per heavy atom. The lowest BCUT2D eigenvalue weighted by atomic mass is 10.1. The zero-order chi connectivity index (χ0) is 31.9. The zero-order valence-electron chi connectivity index (χ0n) is 20.9. The summed E-state index contributed by atoms with van der Waals surface area (Å²) in [5.74, 6) is -10.2. The second-order valence-corrected chi connectivity index (χ2v) is 11.1. The highest BCUT2D eigenvalue weighted by molar-refractivity contribution is 7.88. The molecule has 1 rings (SSSR count). The number of esters is 2. The predicted molar refractivity (Wildman–Crippen MR) is 125 cm³/mol. The van der Waals surface area contributed by atoms with Gasteiger partial charge in [0.15, 0.2) is 0 Å². The third-order valence-corrected chi connectivity index (χ3v) is 6.92. The molecule has 232 valence electrons. The van der Waals surface area contributed by atoms with Gasteiger partial charge in [-0.3, -0.25) is 14.1 Å². The topological polar surface area (TPSA) is 179 Å². The Morgan fingerprint density at radius 2 is 1.44 bits per heavy atom. The number of ether oxygens (including phenoxy) is 2. The number of nitrogens with one attached hydrogen (secondary N) is 1. The molecule has 0 aliphatic heterocycles. The molecule has 1 aromatic carbocycles. The first kappa shape index (κ1) is 35.6. The predicted octanol–water partition coefficient (Wildman–Crippen LogP) is 2.21. The van der Waals surface area contributed by atoms with Gasteiger partial charge in [-0.25, -0.2) is 4.79 Å². The Hall–Kier alpha value is -3.39. The summed E-state index contributed by atoms with van der Waals surface area (Å²) in [6, 6.07) is 3.43. The van der Waals surface area contributed by atoms with E-state index in [1.54, 1.807) is 0 Å². The molecule has 41 heavy (non-hydrogen) atoms. The number of amides is 1. The van der Waals surface area contributed by atoms with E-state index in [1.165, 1.54) is 6.92 Å². The van der Waals surface area contributed by atoms with Crippen molar-refractivity contribution in [1.29, 1.82) is 0 Å². The van der Waals surface area contributed by atoms with Crippen molar-refractivity contribution in [3.8, 4) is 5.75 Å². The Morgan fingerprint density at radius 1 is 0.902 bits per heavy atom. The number of hydrogen-bond donors (Lipinski definition) is 2. The van der Waals surface area contributed by atoms with Crippen molar-refractivity contribution in [3.05, 3.63) is 42.0 Å². The summed E-state index contributed by atoms with van der Waals surface area (Å²) in [5.41, 5.74) is 0.470. The lowest BCUT2D eigenvalue weighted by Gasteiger charge is -2.29. The third-order valence-electron chi connectivity index (χ3n) is 4.72. The van der Waals surface area contributed by atoms with Crippen LogP contribution in [0.3, 0.4) is 0 Å². The molecule has 0 radical (unpaired) electrons. The maximum absolute atomic E-state index is 13.8. The number of benzene rings is 1. The van der Waals surface area contributed by atoms with Crippen molar-refractivity contribution in [1.82, 2.24) is 5.32 Å². The van der Waals surface area contributed by atoms with Crippen LogP contribution in [0.5, 0.6) is 5.75 Å². The molecule has 0 spiro atoms. The molecule has 0 atom stereocenters. The molecule has 0 unspecified atom stereocenters. The molecule has 0 bridgehead atoms. The van der Waals surface area contributed by atoms with E-state index in [2.05, 4.69) is 16.1 Å². The average molecular weight is 644 g/mol. The molecule has 0 saturated heterocycles. The van der Waals surface area contributed by atoms with E-state index in [1.807, 2.05) is 0 Å². The molecule has 1 amide bonds. The van der Waals surface area contributed by atoms with Crippen LogP contribution in [0.1, 0.15) is 25.3 Å². The van der Waals surface area contributed by atoms with Crippen molar-refractivity contribution >= 4 is 38.1 Å². The molecule has 12 nitrogen and oxygen atoms in total. The number of rotatable bonds is 16. The maximum atomic E-state index is 13.8. The molecule has 20 heteroatoms. The molecular formula is C21H23F6NO11S2. The standard InChI is InChI=1S/C21H23F6NO11S2/c1-13(2)18(31)38-12-11-37-17(30)8-7-16(29)28-10-9-14-3-5-15(6-4-14)39-41(35,36)21(26,27)19(22,23)20(24,25)40(32,33)34/h3-6H,1,7-12H2,2H3,(H,28,29)(H,32,33,34). The molecule has 1 aromatic rings. The summed E-state index contributed by atoms with van der Waals surface area (Å²) in [5, 5.41) is -11.3. The van der Waals surface area contributed by atoms with E-state index < -0.39 is 60.3 Å². The van der Waals surface area contributed by atoms with Gasteiger partial charge in [0, 0.05) is 18.5 Å². The van der Waals surface area contributed by atoms with E-state index >= 15 is 0 Å². The highest BCUT2D eigenvalue weighted by Crippen LogP contribution is 2.50. The zero-order valence-corrected chi connectivity index (χ0v) is 22.5. The van der Waals surface area contributed by atoms with E-state index in [4.69, 9.17) is 14.0 Å². The largest absolute Gasteiger partial charge is 0.462 e. The highest BCUT2D eigenvalue weighted by Gasteiger charge is 2.83. The van der Waals surface area contributed by atoms with Gasteiger partial charge in [-0.15, -0.1) is 0 Å². The van der Waals surface area contributed by atoms with Crippen LogP contribution in [0.2, 0.25) is 0 Å². The van der Waals surface area contributed by atoms with Gasteiger partial charge in [0.25, 0.3) is 0 Å². The van der Waals surface area contributed by atoms with Crippen molar-refractivity contribution in [3.63, 3.8) is 0 Å². The first-order chi connectivity index (χ1) is 18.6. The summed E-state index contributed by atoms with van der Waals surface area (Å²) in [7, 11) is -14.1. The SMILES string of the molecule is C=C(C)C(=O)OCCOC(=O)CCC(=O)NCCc1ccc(OS(=O)(=O)C(F)(F)C(F)(F)C(F)(F)S(=O)(=O)O)cc1. The number of alkyl halides is 6. The summed E-state index contributed by atoms with van der Waals surface area (Å²) < 4.78 is 147. The van der Waals surface area contributed by atoms with Crippen LogP contribution in [-0.2, 0) is 50.5 Å². The smallest absolute Gasteiger partial charge is 0.450 e. The quantitative estimate of drug-likeness (QED) is 0.0674. The van der Waals surface area contributed by atoms with Crippen LogP contribution in [0, 0.1) is 0 Å². The molecule has 0 aliphatic rings. The summed E-state index contributed by atoms with van der Waals surface area (Å²) in [6.45, 7) is 4.29.